The fourth-order valence-electron chi connectivity index (χ4n) is 3.34. The summed E-state index contributed by atoms with van der Waals surface area (Å²) in [7, 11) is 0. The van der Waals surface area contributed by atoms with Crippen LogP contribution in [0.5, 0.6) is 0 Å². The van der Waals surface area contributed by atoms with E-state index in [-0.39, 0.29) is 0 Å². The van der Waals surface area contributed by atoms with E-state index in [1.807, 2.05) is 0 Å². The Morgan fingerprint density at radius 2 is 1.36 bits per heavy atom. The molecule has 0 aliphatic carbocycles. The highest BCUT2D eigenvalue weighted by molar-refractivity contribution is 6.05. The molecule has 0 saturated carbocycles. The van der Waals surface area contributed by atoms with Gasteiger partial charge in [0.1, 0.15) is 6.04 Å². The number of nitrogens with zero attached hydrogens (tertiary/aromatic N) is 2. The van der Waals surface area contributed by atoms with E-state index in [2.05, 4.69) is 0 Å². The molecule has 0 radical (unpaired) electrons. The van der Waals surface area contributed by atoms with Gasteiger partial charge in [-0.25, -0.2) is 4.79 Å². The number of amides is 3. The van der Waals surface area contributed by atoms with Crippen molar-refractivity contribution in [1.29, 1.82) is 0 Å². The van der Waals surface area contributed by atoms with Gasteiger partial charge < -0.3 is 4.90 Å². The molecule has 1 heterocycles. The van der Waals surface area contributed by atoms with E-state index in [0.29, 0.717) is 15.4 Å². The third kappa shape index (κ3) is 3.95. The first-order valence-corrected chi connectivity index (χ1v) is 8.43. The number of benzene rings is 1. The molecule has 1 saturated heterocycles. The Hall–Kier alpha value is -2.26. The van der Waals surface area contributed by atoms with Gasteiger partial charge in [-0.1, -0.05) is 30.3 Å². The first kappa shape index (κ1) is 22.0. The highest BCUT2D eigenvalue weighted by Crippen LogP contribution is 2.47. The fraction of sp³-hybridized carbons (Fsp3) is 0.556. The molecule has 2 unspecified atom stereocenters. The topological polar surface area (TPSA) is 40.6 Å². The Kier molecular flexibility index (Phi) is 5.48. The summed E-state index contributed by atoms with van der Waals surface area (Å²) in [5.74, 6) is -5.50. The lowest BCUT2D eigenvalue weighted by Gasteiger charge is -2.35. The zero-order valence-electron chi connectivity index (χ0n) is 15.6. The smallest absolute Gasteiger partial charge is 0.304 e. The molecule has 4 nitrogen and oxygen atoms in total. The third-order valence-corrected chi connectivity index (χ3v) is 4.58. The van der Waals surface area contributed by atoms with Gasteiger partial charge in [0.2, 0.25) is 0 Å². The minimum atomic E-state index is -5.76. The van der Waals surface area contributed by atoms with Crippen molar-refractivity contribution < 1.29 is 35.9 Å². The van der Waals surface area contributed by atoms with Crippen molar-refractivity contribution in [3.8, 4) is 0 Å². The van der Waals surface area contributed by atoms with Crippen LogP contribution < -0.4 is 0 Å². The summed E-state index contributed by atoms with van der Waals surface area (Å²) in [6, 6.07) is 2.53. The highest BCUT2D eigenvalue weighted by Gasteiger charge is 2.68. The Balaban J connectivity index is 2.66. The van der Waals surface area contributed by atoms with Crippen LogP contribution in [0.4, 0.5) is 31.1 Å². The van der Waals surface area contributed by atoms with Crippen LogP contribution in [0.15, 0.2) is 30.3 Å². The van der Waals surface area contributed by atoms with Crippen LogP contribution >= 0.6 is 0 Å². The molecule has 2 atom stereocenters. The molecule has 1 aliphatic rings. The van der Waals surface area contributed by atoms with Gasteiger partial charge >= 0.3 is 18.4 Å². The van der Waals surface area contributed by atoms with Gasteiger partial charge in [-0.2, -0.15) is 26.3 Å². The summed E-state index contributed by atoms with van der Waals surface area (Å²) in [5.41, 5.74) is -0.980. The van der Waals surface area contributed by atoms with Gasteiger partial charge in [-0.3, -0.25) is 9.69 Å². The third-order valence-electron chi connectivity index (χ3n) is 4.58. The van der Waals surface area contributed by atoms with Crippen molar-refractivity contribution in [2.45, 2.75) is 57.7 Å². The number of hydrogen-bond donors (Lipinski definition) is 0. The van der Waals surface area contributed by atoms with Gasteiger partial charge in [0.05, 0.1) is 6.04 Å². The average molecular weight is 410 g/mol. The predicted octanol–water partition coefficient (Wildman–Crippen LogP) is 4.92. The summed E-state index contributed by atoms with van der Waals surface area (Å²) in [6.45, 7) is 5.40. The molecule has 0 N–H and O–H groups in total. The molecule has 0 bridgehead atoms. The molecule has 1 fully saturated rings. The van der Waals surface area contributed by atoms with Crippen molar-refractivity contribution in [3.05, 3.63) is 35.9 Å². The monoisotopic (exact) mass is 410 g/mol. The summed E-state index contributed by atoms with van der Waals surface area (Å²) in [6.07, 6.45) is -11.5. The quantitative estimate of drug-likeness (QED) is 0.524. The number of hydrogen-bond acceptors (Lipinski definition) is 2. The standard InChI is InChI=1S/C18H20F6N2O2/c1-10(11-8-6-5-7-9-11)25-12(13(17(19,20)21)18(22,23)24)14(27)26(15(25)28)16(2,3)4/h5-10,12-13H,1-4H3. The molecule has 3 amide bonds. The number of alkyl halides is 6. The van der Waals surface area contributed by atoms with E-state index in [9.17, 15) is 35.9 Å². The van der Waals surface area contributed by atoms with Crippen molar-refractivity contribution in [2.24, 2.45) is 5.92 Å². The number of urea groups is 1. The van der Waals surface area contributed by atoms with Gasteiger partial charge in [-0.15, -0.1) is 0 Å². The first-order valence-electron chi connectivity index (χ1n) is 8.43. The van der Waals surface area contributed by atoms with E-state index >= 15 is 0 Å². The first-order chi connectivity index (χ1) is 12.6. The average Bonchev–Trinajstić information content (AvgIpc) is 2.75. The molecule has 1 aromatic carbocycles. The normalized spacial score (nSPS) is 20.3. The van der Waals surface area contributed by atoms with Gasteiger partial charge in [0.25, 0.3) is 5.91 Å². The van der Waals surface area contributed by atoms with Crippen LogP contribution in [0.25, 0.3) is 0 Å². The van der Waals surface area contributed by atoms with Crippen molar-refractivity contribution in [2.75, 3.05) is 0 Å². The van der Waals surface area contributed by atoms with Crippen LogP contribution in [0.2, 0.25) is 0 Å². The molecule has 156 valence electrons. The Bertz CT molecular complexity index is 725. The van der Waals surface area contributed by atoms with Crippen LogP contribution in [-0.4, -0.2) is 45.7 Å². The summed E-state index contributed by atoms with van der Waals surface area (Å²) < 4.78 is 80.4. The summed E-state index contributed by atoms with van der Waals surface area (Å²) in [4.78, 5) is 26.4. The summed E-state index contributed by atoms with van der Waals surface area (Å²) >= 11 is 0. The molecule has 1 aromatic rings. The zero-order valence-corrected chi connectivity index (χ0v) is 15.6. The lowest BCUT2D eigenvalue weighted by molar-refractivity contribution is -0.294. The molecule has 1 aliphatic heterocycles. The number of halogens is 6. The minimum Gasteiger partial charge on any atom is -0.304 e. The number of carbonyl (C=O) groups is 2. The Morgan fingerprint density at radius 3 is 1.75 bits per heavy atom. The molecule has 0 spiro atoms. The van der Waals surface area contributed by atoms with Crippen molar-refractivity contribution in [1.82, 2.24) is 9.80 Å². The second kappa shape index (κ2) is 6.97. The highest BCUT2D eigenvalue weighted by atomic mass is 19.4. The minimum absolute atomic E-state index is 0.313. The molecule has 0 aromatic heterocycles. The van der Waals surface area contributed by atoms with Crippen LogP contribution in [0.3, 0.4) is 0 Å². The fourth-order valence-corrected chi connectivity index (χ4v) is 3.34. The predicted molar refractivity (Wildman–Crippen MR) is 88.1 cm³/mol. The lowest BCUT2D eigenvalue weighted by atomic mass is 9.94. The number of rotatable bonds is 3. The van der Waals surface area contributed by atoms with Crippen LogP contribution in [-0.2, 0) is 4.79 Å². The molecular weight excluding hydrogens is 390 g/mol. The van der Waals surface area contributed by atoms with E-state index < -0.39 is 47.8 Å². The van der Waals surface area contributed by atoms with E-state index in [0.717, 1.165) is 0 Å². The van der Waals surface area contributed by atoms with Gasteiger partial charge in [-0.05, 0) is 33.3 Å². The van der Waals surface area contributed by atoms with E-state index in [1.165, 1.54) is 52.0 Å². The zero-order chi connectivity index (χ0) is 21.7. The molecular formula is C18H20F6N2O2. The number of imide groups is 1. The van der Waals surface area contributed by atoms with E-state index in [4.69, 9.17) is 0 Å². The van der Waals surface area contributed by atoms with Gasteiger partial charge in [0, 0.05) is 5.54 Å². The summed E-state index contributed by atoms with van der Waals surface area (Å²) in [5, 5.41) is 0. The maximum atomic E-state index is 13.4. The van der Waals surface area contributed by atoms with Crippen LogP contribution in [0.1, 0.15) is 39.3 Å². The van der Waals surface area contributed by atoms with Gasteiger partial charge in [0.15, 0.2) is 5.92 Å². The lowest BCUT2D eigenvalue weighted by Crippen LogP contribution is -2.54. The molecule has 28 heavy (non-hydrogen) atoms. The van der Waals surface area contributed by atoms with E-state index in [1.54, 1.807) is 6.07 Å². The van der Waals surface area contributed by atoms with Crippen molar-refractivity contribution >= 4 is 11.9 Å². The Morgan fingerprint density at radius 1 is 0.893 bits per heavy atom. The Labute approximate surface area is 158 Å². The van der Waals surface area contributed by atoms with Crippen LogP contribution in [0, 0.1) is 5.92 Å². The second-order valence-electron chi connectivity index (χ2n) is 7.63. The molecule has 2 rings (SSSR count). The second-order valence-corrected chi connectivity index (χ2v) is 7.63. The SMILES string of the molecule is CC(c1ccccc1)N1C(=O)N(C(C)(C)C)C(=O)C1C(C(F)(F)F)C(F)(F)F. The van der Waals surface area contributed by atoms with Crippen molar-refractivity contribution in [3.63, 3.8) is 0 Å². The molecule has 10 heteroatoms. The maximum Gasteiger partial charge on any atom is 0.403 e. The number of carbonyl (C=O) groups excluding carboxylic acids is 2. The maximum absolute atomic E-state index is 13.4. The largest absolute Gasteiger partial charge is 0.403 e.